The molecule has 1 atom stereocenters. The van der Waals surface area contributed by atoms with E-state index in [0.29, 0.717) is 10.6 Å². The van der Waals surface area contributed by atoms with Gasteiger partial charge < -0.3 is 10.2 Å². The highest BCUT2D eigenvalue weighted by Crippen LogP contribution is 2.36. The second-order valence-corrected chi connectivity index (χ2v) is 14.3. The van der Waals surface area contributed by atoms with Gasteiger partial charge >= 0.3 is 0 Å². The number of rotatable bonds is 11. The molecule has 7 nitrogen and oxygen atoms in total. The van der Waals surface area contributed by atoms with Crippen LogP contribution in [0.5, 0.6) is 0 Å². The average molecular weight is 686 g/mol. The van der Waals surface area contributed by atoms with Gasteiger partial charge in [-0.15, -0.1) is 0 Å². The van der Waals surface area contributed by atoms with E-state index in [2.05, 4.69) is 5.32 Å². The summed E-state index contributed by atoms with van der Waals surface area (Å²) in [4.78, 5) is 29.7. The normalized spacial score (nSPS) is 14.6. The van der Waals surface area contributed by atoms with E-state index in [0.717, 1.165) is 48.2 Å². The number of halogens is 4. The summed E-state index contributed by atoms with van der Waals surface area (Å²) in [6.07, 6.45) is 6.08. The molecule has 0 unspecified atom stereocenters. The van der Waals surface area contributed by atoms with Crippen molar-refractivity contribution in [3.8, 4) is 0 Å². The first-order valence-corrected chi connectivity index (χ1v) is 17.3. The second kappa shape index (κ2) is 15.0. The first-order chi connectivity index (χ1) is 20.4. The summed E-state index contributed by atoms with van der Waals surface area (Å²) in [5, 5.41) is 3.85. The van der Waals surface area contributed by atoms with Crippen LogP contribution in [0.15, 0.2) is 66.7 Å². The number of carbonyl (C=O) groups is 2. The molecule has 3 aromatic rings. The third-order valence-corrected chi connectivity index (χ3v) is 9.79. The lowest BCUT2D eigenvalue weighted by molar-refractivity contribution is -0.140. The minimum absolute atomic E-state index is 0.000823. The van der Waals surface area contributed by atoms with Gasteiger partial charge in [-0.05, 0) is 48.2 Å². The van der Waals surface area contributed by atoms with Crippen LogP contribution in [0.4, 0.5) is 5.69 Å². The SMILES string of the molecule is CS(=O)(=O)N(CC(=O)N(Cc1cccc(Cl)c1)[C@H](Cc1ccccc1)C(=O)NC1CCCCC1)c1cc(Cl)c(Cl)cc1Cl. The van der Waals surface area contributed by atoms with Crippen LogP contribution < -0.4 is 9.62 Å². The first kappa shape index (κ1) is 33.4. The monoisotopic (exact) mass is 683 g/mol. The number of hydrogen-bond acceptors (Lipinski definition) is 4. The summed E-state index contributed by atoms with van der Waals surface area (Å²) in [6.45, 7) is -0.610. The van der Waals surface area contributed by atoms with Crippen molar-refractivity contribution in [2.24, 2.45) is 0 Å². The van der Waals surface area contributed by atoms with Crippen LogP contribution in [-0.4, -0.2) is 50.0 Å². The number of sulfonamides is 1. The number of amides is 2. The molecule has 1 saturated carbocycles. The standard InChI is InChI=1S/C31H33Cl4N3O4S/c1-43(41,42)38(28-18-26(34)25(33)17-27(28)35)20-30(39)37(19-22-11-8-12-23(32)15-22)29(16-21-9-4-2-5-10-21)31(40)36-24-13-6-3-7-14-24/h2,4-5,8-12,15,17-18,24,29H,3,6-7,13-14,16,19-20H2,1H3,(H,36,40)/t29-/m1/s1. The molecule has 2 amide bonds. The molecule has 230 valence electrons. The topological polar surface area (TPSA) is 86.8 Å². The van der Waals surface area contributed by atoms with E-state index in [1.807, 2.05) is 30.3 Å². The van der Waals surface area contributed by atoms with E-state index in [1.165, 1.54) is 17.0 Å². The minimum Gasteiger partial charge on any atom is -0.352 e. The number of benzene rings is 3. The Bertz CT molecular complexity index is 1550. The van der Waals surface area contributed by atoms with Crippen LogP contribution in [-0.2, 0) is 32.6 Å². The van der Waals surface area contributed by atoms with Crippen molar-refractivity contribution in [3.63, 3.8) is 0 Å². The largest absolute Gasteiger partial charge is 0.352 e. The first-order valence-electron chi connectivity index (χ1n) is 13.9. The van der Waals surface area contributed by atoms with E-state index in [-0.39, 0.29) is 45.7 Å². The minimum atomic E-state index is -4.03. The number of anilines is 1. The van der Waals surface area contributed by atoms with Crippen molar-refractivity contribution in [1.29, 1.82) is 0 Å². The molecular formula is C31H33Cl4N3O4S. The fourth-order valence-corrected chi connectivity index (χ4v) is 6.99. The maximum absolute atomic E-state index is 14.3. The molecule has 1 N–H and O–H groups in total. The molecule has 12 heteroatoms. The molecule has 1 aliphatic rings. The lowest BCUT2D eigenvalue weighted by Crippen LogP contribution is -2.55. The molecule has 4 rings (SSSR count). The summed E-state index contributed by atoms with van der Waals surface area (Å²) in [6, 6.07) is 18.1. The van der Waals surface area contributed by atoms with Gasteiger partial charge in [-0.2, -0.15) is 0 Å². The van der Waals surface area contributed by atoms with Crippen LogP contribution in [0, 0.1) is 0 Å². The van der Waals surface area contributed by atoms with Crippen LogP contribution in [0.1, 0.15) is 43.2 Å². The Labute approximate surface area is 273 Å². The Morgan fingerprint density at radius 2 is 1.51 bits per heavy atom. The maximum atomic E-state index is 14.3. The van der Waals surface area contributed by atoms with Crippen LogP contribution >= 0.6 is 46.4 Å². The molecule has 0 aromatic heterocycles. The third-order valence-electron chi connectivity index (χ3n) is 7.40. The smallest absolute Gasteiger partial charge is 0.244 e. The summed E-state index contributed by atoms with van der Waals surface area (Å²) in [7, 11) is -4.03. The molecule has 43 heavy (non-hydrogen) atoms. The van der Waals surface area contributed by atoms with Gasteiger partial charge in [0, 0.05) is 24.0 Å². The van der Waals surface area contributed by atoms with Crippen LogP contribution in [0.2, 0.25) is 20.1 Å². The Hall–Kier alpha value is -2.49. The van der Waals surface area contributed by atoms with Gasteiger partial charge in [-0.25, -0.2) is 8.42 Å². The van der Waals surface area contributed by atoms with Gasteiger partial charge in [-0.3, -0.25) is 13.9 Å². The van der Waals surface area contributed by atoms with Crippen molar-refractivity contribution in [2.45, 2.75) is 57.2 Å². The number of nitrogens with one attached hydrogen (secondary N) is 1. The zero-order valence-corrected chi connectivity index (χ0v) is 27.5. The molecule has 1 aliphatic carbocycles. The zero-order chi connectivity index (χ0) is 31.1. The van der Waals surface area contributed by atoms with Crippen molar-refractivity contribution >= 4 is 73.9 Å². The molecule has 1 fully saturated rings. The quantitative estimate of drug-likeness (QED) is 0.217. The molecule has 0 saturated heterocycles. The lowest BCUT2D eigenvalue weighted by Gasteiger charge is -2.35. The van der Waals surface area contributed by atoms with E-state index in [1.54, 1.807) is 24.3 Å². The average Bonchev–Trinajstić information content (AvgIpc) is 2.96. The highest BCUT2D eigenvalue weighted by Gasteiger charge is 2.34. The van der Waals surface area contributed by atoms with E-state index < -0.39 is 28.5 Å². The van der Waals surface area contributed by atoms with Gasteiger partial charge in [-0.1, -0.05) is 108 Å². The number of carbonyl (C=O) groups excluding carboxylic acids is 2. The van der Waals surface area contributed by atoms with Crippen LogP contribution in [0.25, 0.3) is 0 Å². The molecular weight excluding hydrogens is 652 g/mol. The molecule has 3 aromatic carbocycles. The fraction of sp³-hybridized carbons (Fsp3) is 0.355. The summed E-state index contributed by atoms with van der Waals surface area (Å²) < 4.78 is 26.9. The van der Waals surface area contributed by atoms with Gasteiger partial charge in [0.05, 0.1) is 27.0 Å². The van der Waals surface area contributed by atoms with Gasteiger partial charge in [0.2, 0.25) is 21.8 Å². The fourth-order valence-electron chi connectivity index (χ4n) is 5.23. The number of hydrogen-bond donors (Lipinski definition) is 1. The predicted octanol–water partition coefficient (Wildman–Crippen LogP) is 7.16. The van der Waals surface area contributed by atoms with E-state index >= 15 is 0 Å². The second-order valence-electron chi connectivity index (χ2n) is 10.7. The highest BCUT2D eigenvalue weighted by molar-refractivity contribution is 7.92. The molecule has 0 aliphatic heterocycles. The summed E-state index contributed by atoms with van der Waals surface area (Å²) in [5.41, 5.74) is 1.53. The number of nitrogens with zero attached hydrogens (tertiary/aromatic N) is 2. The Balaban J connectivity index is 1.75. The van der Waals surface area contributed by atoms with Gasteiger partial charge in [0.25, 0.3) is 0 Å². The third kappa shape index (κ3) is 9.25. The van der Waals surface area contributed by atoms with Crippen molar-refractivity contribution < 1.29 is 18.0 Å². The summed E-state index contributed by atoms with van der Waals surface area (Å²) in [5.74, 6) is -0.906. The molecule has 0 heterocycles. The molecule has 0 radical (unpaired) electrons. The zero-order valence-electron chi connectivity index (χ0n) is 23.6. The van der Waals surface area contributed by atoms with E-state index in [4.69, 9.17) is 46.4 Å². The van der Waals surface area contributed by atoms with Gasteiger partial charge in [0.15, 0.2) is 0 Å². The highest BCUT2D eigenvalue weighted by atomic mass is 35.5. The Morgan fingerprint density at radius 1 is 0.860 bits per heavy atom. The molecule has 0 spiro atoms. The Kier molecular flexibility index (Phi) is 11.6. The maximum Gasteiger partial charge on any atom is 0.244 e. The summed E-state index contributed by atoms with van der Waals surface area (Å²) >= 11 is 24.9. The van der Waals surface area contributed by atoms with Crippen molar-refractivity contribution in [2.75, 3.05) is 17.1 Å². The predicted molar refractivity (Wildman–Crippen MR) is 175 cm³/mol. The van der Waals surface area contributed by atoms with Crippen molar-refractivity contribution in [1.82, 2.24) is 10.2 Å². The Morgan fingerprint density at radius 3 is 2.16 bits per heavy atom. The van der Waals surface area contributed by atoms with Crippen molar-refractivity contribution in [3.05, 3.63) is 97.9 Å². The van der Waals surface area contributed by atoms with Crippen LogP contribution in [0.3, 0.4) is 0 Å². The van der Waals surface area contributed by atoms with Gasteiger partial charge in [0.1, 0.15) is 12.6 Å². The lowest BCUT2D eigenvalue weighted by atomic mass is 9.94. The molecule has 0 bridgehead atoms. The van der Waals surface area contributed by atoms with E-state index in [9.17, 15) is 18.0 Å².